The maximum atomic E-state index is 12.5. The van der Waals surface area contributed by atoms with Gasteiger partial charge >= 0.3 is 0 Å². The van der Waals surface area contributed by atoms with Crippen LogP contribution >= 0.6 is 11.6 Å². The zero-order valence-electron chi connectivity index (χ0n) is 12.5. The molecule has 6 heteroatoms. The van der Waals surface area contributed by atoms with Crippen molar-refractivity contribution >= 4 is 17.3 Å². The van der Waals surface area contributed by atoms with Crippen LogP contribution in [-0.2, 0) is 6.54 Å². The van der Waals surface area contributed by atoms with Crippen molar-refractivity contribution in [2.24, 2.45) is 5.92 Å². The van der Waals surface area contributed by atoms with E-state index in [1.54, 1.807) is 10.9 Å². The maximum Gasteiger partial charge on any atom is 0.291 e. The first-order valence-electron chi connectivity index (χ1n) is 7.88. The summed E-state index contributed by atoms with van der Waals surface area (Å²) in [5.41, 5.74) is 0.404. The van der Waals surface area contributed by atoms with Gasteiger partial charge in [0.2, 0.25) is 0 Å². The van der Waals surface area contributed by atoms with E-state index >= 15 is 0 Å². The largest absolute Gasteiger partial charge is 0.376 e. The summed E-state index contributed by atoms with van der Waals surface area (Å²) in [7, 11) is 0. The Morgan fingerprint density at radius 1 is 1.43 bits per heavy atom. The van der Waals surface area contributed by atoms with E-state index in [0.29, 0.717) is 23.2 Å². The Bertz CT molecular complexity index is 549. The Balaban J connectivity index is 1.69. The fraction of sp³-hybridized carbons (Fsp3) is 0.733. The van der Waals surface area contributed by atoms with Crippen LogP contribution in [0.5, 0.6) is 0 Å². The molecule has 1 N–H and O–H groups in total. The van der Waals surface area contributed by atoms with Crippen molar-refractivity contribution in [3.63, 3.8) is 0 Å². The van der Waals surface area contributed by atoms with Gasteiger partial charge in [0.25, 0.3) is 5.56 Å². The van der Waals surface area contributed by atoms with Crippen LogP contribution in [0.1, 0.15) is 32.6 Å². The third kappa shape index (κ3) is 3.77. The average molecular weight is 311 g/mol. The summed E-state index contributed by atoms with van der Waals surface area (Å²) >= 11 is 6.16. The summed E-state index contributed by atoms with van der Waals surface area (Å²) in [5, 5.41) is 7.86. The van der Waals surface area contributed by atoms with Crippen LogP contribution in [0.3, 0.4) is 0 Å². The first-order valence-corrected chi connectivity index (χ1v) is 8.26. The topological polar surface area (TPSA) is 50.2 Å². The van der Waals surface area contributed by atoms with Gasteiger partial charge in [-0.3, -0.25) is 4.79 Å². The van der Waals surface area contributed by atoms with E-state index in [1.165, 1.54) is 25.7 Å². The molecule has 0 aromatic carbocycles. The van der Waals surface area contributed by atoms with Crippen molar-refractivity contribution in [2.75, 3.05) is 25.0 Å². The number of aromatic nitrogens is 2. The molecule has 1 aromatic heterocycles. The Kier molecular flexibility index (Phi) is 4.50. The lowest BCUT2D eigenvalue weighted by Crippen LogP contribution is -2.36. The van der Waals surface area contributed by atoms with E-state index in [9.17, 15) is 4.79 Å². The fourth-order valence-electron chi connectivity index (χ4n) is 2.92. The molecule has 1 atom stereocenters. The second kappa shape index (κ2) is 6.36. The highest BCUT2D eigenvalue weighted by Gasteiger charge is 2.24. The molecule has 116 valence electrons. The van der Waals surface area contributed by atoms with Crippen LogP contribution in [0.25, 0.3) is 0 Å². The van der Waals surface area contributed by atoms with E-state index in [2.05, 4.69) is 22.2 Å². The van der Waals surface area contributed by atoms with Crippen molar-refractivity contribution < 1.29 is 0 Å². The Morgan fingerprint density at radius 3 is 2.81 bits per heavy atom. The minimum absolute atomic E-state index is 0.0947. The molecule has 2 aliphatic rings. The molecule has 0 radical (unpaired) electrons. The van der Waals surface area contributed by atoms with Gasteiger partial charge in [0.05, 0.1) is 11.2 Å². The van der Waals surface area contributed by atoms with Gasteiger partial charge in [0.15, 0.2) is 0 Å². The number of halogens is 1. The molecule has 2 heterocycles. The van der Waals surface area contributed by atoms with Crippen LogP contribution in [0.15, 0.2) is 11.0 Å². The monoisotopic (exact) mass is 310 g/mol. The van der Waals surface area contributed by atoms with Gasteiger partial charge in [-0.25, -0.2) is 4.68 Å². The van der Waals surface area contributed by atoms with E-state index in [0.717, 1.165) is 19.6 Å². The van der Waals surface area contributed by atoms with Crippen molar-refractivity contribution in [3.05, 3.63) is 21.6 Å². The molecular weight excluding hydrogens is 288 g/mol. The van der Waals surface area contributed by atoms with Crippen LogP contribution in [0, 0.1) is 5.92 Å². The van der Waals surface area contributed by atoms with Gasteiger partial charge in [-0.1, -0.05) is 11.6 Å². The standard InChI is InChI=1S/C15H23ClN4O/c1-11(9-19-6-2-3-7-19)18-14-13(16)8-17-20(15(14)21)10-12-4-5-12/h8,11-12,18H,2-7,9-10H2,1H3. The molecule has 0 bridgehead atoms. The molecule has 1 aromatic rings. The number of hydrogen-bond donors (Lipinski definition) is 1. The Hall–Kier alpha value is -1.07. The molecule has 0 amide bonds. The quantitative estimate of drug-likeness (QED) is 0.875. The Labute approximate surface area is 130 Å². The van der Waals surface area contributed by atoms with E-state index in [1.807, 2.05) is 0 Å². The lowest BCUT2D eigenvalue weighted by molar-refractivity contribution is 0.327. The van der Waals surface area contributed by atoms with Gasteiger partial charge in [-0.2, -0.15) is 5.10 Å². The summed E-state index contributed by atoms with van der Waals surface area (Å²) in [5.74, 6) is 0.617. The molecular formula is C15H23ClN4O. The van der Waals surface area contributed by atoms with Gasteiger partial charge in [0.1, 0.15) is 5.69 Å². The van der Waals surface area contributed by atoms with Crippen molar-refractivity contribution in [2.45, 2.75) is 45.2 Å². The lowest BCUT2D eigenvalue weighted by Gasteiger charge is -2.22. The summed E-state index contributed by atoms with van der Waals surface area (Å²) < 4.78 is 1.55. The number of rotatable bonds is 6. The summed E-state index contributed by atoms with van der Waals surface area (Å²) in [6.45, 7) is 6.07. The van der Waals surface area contributed by atoms with Gasteiger partial charge in [-0.15, -0.1) is 0 Å². The van der Waals surface area contributed by atoms with Crippen LogP contribution in [0.4, 0.5) is 5.69 Å². The lowest BCUT2D eigenvalue weighted by atomic mass is 10.3. The fourth-order valence-corrected chi connectivity index (χ4v) is 3.10. The minimum Gasteiger partial charge on any atom is -0.376 e. The predicted octanol–water partition coefficient (Wildman–Crippen LogP) is 2.20. The molecule has 21 heavy (non-hydrogen) atoms. The highest BCUT2D eigenvalue weighted by atomic mass is 35.5. The molecule has 1 unspecified atom stereocenters. The second-order valence-corrected chi connectivity index (χ2v) is 6.76. The third-order valence-corrected chi connectivity index (χ3v) is 4.53. The van der Waals surface area contributed by atoms with Crippen molar-refractivity contribution in [3.8, 4) is 0 Å². The summed E-state index contributed by atoms with van der Waals surface area (Å²) in [6.07, 6.45) is 6.53. The second-order valence-electron chi connectivity index (χ2n) is 6.35. The molecule has 2 fully saturated rings. The van der Waals surface area contributed by atoms with E-state index in [-0.39, 0.29) is 11.6 Å². The molecule has 1 saturated heterocycles. The third-order valence-electron chi connectivity index (χ3n) is 4.25. The number of hydrogen-bond acceptors (Lipinski definition) is 4. The van der Waals surface area contributed by atoms with Crippen LogP contribution in [-0.4, -0.2) is 40.4 Å². The average Bonchev–Trinajstić information content (AvgIpc) is 3.13. The number of likely N-dealkylation sites (tertiary alicyclic amines) is 1. The van der Waals surface area contributed by atoms with Gasteiger partial charge < -0.3 is 10.2 Å². The van der Waals surface area contributed by atoms with Crippen LogP contribution < -0.4 is 10.9 Å². The first kappa shape index (κ1) is 14.9. The van der Waals surface area contributed by atoms with E-state index < -0.39 is 0 Å². The maximum absolute atomic E-state index is 12.5. The number of nitrogens with zero attached hydrogens (tertiary/aromatic N) is 3. The van der Waals surface area contributed by atoms with Crippen molar-refractivity contribution in [1.29, 1.82) is 0 Å². The normalized spacial score (nSPS) is 20.7. The minimum atomic E-state index is -0.0947. The number of nitrogens with one attached hydrogen (secondary N) is 1. The smallest absolute Gasteiger partial charge is 0.291 e. The summed E-state index contributed by atoms with van der Waals surface area (Å²) in [6, 6.07) is 0.199. The van der Waals surface area contributed by atoms with Crippen molar-refractivity contribution in [1.82, 2.24) is 14.7 Å². The zero-order chi connectivity index (χ0) is 14.8. The van der Waals surface area contributed by atoms with Crippen LogP contribution in [0.2, 0.25) is 5.02 Å². The van der Waals surface area contributed by atoms with E-state index in [4.69, 9.17) is 11.6 Å². The zero-order valence-corrected chi connectivity index (χ0v) is 13.3. The van der Waals surface area contributed by atoms with Gasteiger partial charge in [-0.05, 0) is 51.6 Å². The Morgan fingerprint density at radius 2 is 2.14 bits per heavy atom. The van der Waals surface area contributed by atoms with Gasteiger partial charge in [0, 0.05) is 19.1 Å². The highest BCUT2D eigenvalue weighted by Crippen LogP contribution is 2.30. The molecule has 3 rings (SSSR count). The molecule has 1 saturated carbocycles. The number of anilines is 1. The predicted molar refractivity (Wildman–Crippen MR) is 85.0 cm³/mol. The molecule has 1 aliphatic carbocycles. The molecule has 0 spiro atoms. The first-order chi connectivity index (χ1) is 10.1. The highest BCUT2D eigenvalue weighted by molar-refractivity contribution is 6.33. The summed E-state index contributed by atoms with van der Waals surface area (Å²) in [4.78, 5) is 14.9. The molecule has 5 nitrogen and oxygen atoms in total. The SMILES string of the molecule is CC(CN1CCCC1)Nc1c(Cl)cnn(CC2CC2)c1=O. The molecule has 1 aliphatic heterocycles.